The zero-order valence-electron chi connectivity index (χ0n) is 44.2. The lowest BCUT2D eigenvalue weighted by molar-refractivity contribution is -0.146. The minimum Gasteiger partial charge on any atom is -0.492 e. The first-order valence-electron chi connectivity index (χ1n) is 25.1. The van der Waals surface area contributed by atoms with Crippen LogP contribution < -0.4 is 29.0 Å². The van der Waals surface area contributed by atoms with Gasteiger partial charge in [0.15, 0.2) is 49.2 Å². The molecule has 5 bridgehead atoms. The first-order chi connectivity index (χ1) is 34.3. The van der Waals surface area contributed by atoms with Gasteiger partial charge in [-0.25, -0.2) is 4.98 Å². The third-order valence-corrected chi connectivity index (χ3v) is 25.6. The average Bonchev–Trinajstić information content (AvgIpc) is 3.98. The Hall–Kier alpha value is -5.05. The van der Waals surface area contributed by atoms with E-state index in [-0.39, 0.29) is 70.5 Å². The van der Waals surface area contributed by atoms with E-state index in [1.165, 1.54) is 21.3 Å². The molecule has 72 heavy (non-hydrogen) atoms. The summed E-state index contributed by atoms with van der Waals surface area (Å²) in [5.74, 6) is 13.9. The van der Waals surface area contributed by atoms with Crippen molar-refractivity contribution >= 4 is 50.9 Å². The molecule has 0 unspecified atom stereocenters. The molecule has 388 valence electrons. The van der Waals surface area contributed by atoms with Crippen molar-refractivity contribution in [1.82, 2.24) is 10.3 Å². The van der Waals surface area contributed by atoms with Gasteiger partial charge < -0.3 is 52.1 Å². The van der Waals surface area contributed by atoms with Gasteiger partial charge >= 0.3 is 5.97 Å². The van der Waals surface area contributed by atoms with Crippen molar-refractivity contribution in [2.45, 2.75) is 160 Å². The van der Waals surface area contributed by atoms with E-state index < -0.39 is 64.6 Å². The molecule has 4 heterocycles. The van der Waals surface area contributed by atoms with Crippen molar-refractivity contribution in [3.8, 4) is 52.4 Å². The number of hydrogen-bond donors (Lipinski definition) is 1. The smallest absolute Gasteiger partial charge is 0.308 e. The Bertz CT molecular complexity index is 2680. The summed E-state index contributed by atoms with van der Waals surface area (Å²) in [5.41, 5.74) is 1.29. The second-order valence-electron chi connectivity index (χ2n) is 20.0. The highest BCUT2D eigenvalue weighted by Crippen LogP contribution is 2.54. The van der Waals surface area contributed by atoms with E-state index in [2.05, 4.69) is 91.3 Å². The summed E-state index contributed by atoms with van der Waals surface area (Å²) in [6.45, 7) is 23.2. The minimum atomic E-state index is -2.63. The standard InChI is InChI=1S/C55H71ClN2O12Si2/c1-15-71(16-2,17-3)70-52-46-27-38-22-21-36(19-18-20-48-55(38,52)68-48)47(69-72(33(6)7,34(8)9)35(10)11)30-64-49(59)29-42(41-23-24-43(67-46)53(56)57-41)58-54(60)40-28-39-37(25-44(40)65-31-61-12)26-45(66-32(4)5)51(63-14)50(39)62-13/h19,23-28,32-35,42,46-48,52H,15-17,29-31H2,1-14H3,(H,58,60)/b36-19+/t42-,46+,47-,48+,52-,55-/m1/s1. The van der Waals surface area contributed by atoms with Crippen LogP contribution in [0.15, 0.2) is 53.6 Å². The number of epoxide rings is 1. The lowest BCUT2D eigenvalue weighted by Crippen LogP contribution is -2.51. The van der Waals surface area contributed by atoms with E-state index in [1.54, 1.807) is 36.4 Å². The predicted molar refractivity (Wildman–Crippen MR) is 282 cm³/mol. The number of esters is 1. The lowest BCUT2D eigenvalue weighted by atomic mass is 9.94. The molecule has 14 nitrogen and oxygen atoms in total. The van der Waals surface area contributed by atoms with Gasteiger partial charge in [0.05, 0.1) is 44.0 Å². The molecule has 1 saturated heterocycles. The summed E-state index contributed by atoms with van der Waals surface area (Å²) in [6.07, 6.45) is 0.676. The van der Waals surface area contributed by atoms with Gasteiger partial charge in [0.1, 0.15) is 30.7 Å². The van der Waals surface area contributed by atoms with Crippen LogP contribution in [0.1, 0.15) is 105 Å². The highest BCUT2D eigenvalue weighted by molar-refractivity contribution is 6.77. The number of methoxy groups -OCH3 is 3. The zero-order valence-corrected chi connectivity index (χ0v) is 47.0. The Kier molecular flexibility index (Phi) is 17.2. The molecular formula is C55H71ClN2O12Si2. The van der Waals surface area contributed by atoms with Crippen molar-refractivity contribution in [3.05, 3.63) is 70.0 Å². The van der Waals surface area contributed by atoms with Gasteiger partial charge in [0, 0.05) is 29.7 Å². The van der Waals surface area contributed by atoms with Crippen LogP contribution in [-0.4, -0.2) is 104 Å². The van der Waals surface area contributed by atoms with Crippen LogP contribution in [0.3, 0.4) is 0 Å². The number of fused-ring (bicyclic) bond motifs is 8. The molecular weight excluding hydrogens is 972 g/mol. The van der Waals surface area contributed by atoms with E-state index >= 15 is 0 Å². The number of halogens is 1. The number of ether oxygens (including phenoxy) is 8. The van der Waals surface area contributed by atoms with Gasteiger partial charge in [-0.2, -0.15) is 0 Å². The van der Waals surface area contributed by atoms with Crippen molar-refractivity contribution in [3.63, 3.8) is 0 Å². The lowest BCUT2D eigenvalue weighted by Gasteiger charge is -2.44. The number of carbonyl (C=O) groups is 2. The van der Waals surface area contributed by atoms with Crippen LogP contribution in [0.5, 0.6) is 28.7 Å². The van der Waals surface area contributed by atoms with Gasteiger partial charge in [-0.15, -0.1) is 0 Å². The van der Waals surface area contributed by atoms with Crippen LogP contribution in [0.4, 0.5) is 0 Å². The van der Waals surface area contributed by atoms with E-state index in [4.69, 9.17) is 63.3 Å². The summed E-state index contributed by atoms with van der Waals surface area (Å²) in [7, 11) is -0.417. The van der Waals surface area contributed by atoms with Crippen molar-refractivity contribution < 1.29 is 56.3 Å². The van der Waals surface area contributed by atoms with Crippen molar-refractivity contribution in [2.24, 2.45) is 0 Å². The molecule has 1 fully saturated rings. The summed E-state index contributed by atoms with van der Waals surface area (Å²) >= 11 is 7.07. The molecule has 1 aromatic heterocycles. The molecule has 2 aromatic carbocycles. The number of pyridine rings is 1. The number of benzene rings is 2. The monoisotopic (exact) mass is 1040 g/mol. The number of nitrogens with one attached hydrogen (secondary N) is 1. The van der Waals surface area contributed by atoms with E-state index in [1.807, 2.05) is 19.9 Å². The maximum atomic E-state index is 14.9. The average molecular weight is 1040 g/mol. The third kappa shape index (κ3) is 10.6. The normalized spacial score (nSPS) is 23.4. The van der Waals surface area contributed by atoms with E-state index in [0.717, 1.165) is 18.1 Å². The molecule has 3 aromatic rings. The van der Waals surface area contributed by atoms with Crippen molar-refractivity contribution in [1.29, 1.82) is 0 Å². The van der Waals surface area contributed by atoms with Crippen LogP contribution in [0, 0.1) is 23.7 Å². The summed E-state index contributed by atoms with van der Waals surface area (Å²) in [4.78, 5) is 34.0. The first kappa shape index (κ1) is 54.7. The van der Waals surface area contributed by atoms with Gasteiger partial charge in [-0.3, -0.25) is 9.59 Å². The SMILES string of the molecule is CC[Si](CC)(CC)O[C@@H]1[C@@H]2C=C3C#C/C(=C\C#C[C@@H]4O[C@]341)[C@H](O[Si](C(C)C)(C(C)C)C(C)C)COC(=O)C[C@@H](NC(=O)c1cc3c(OC)c(OC)c(OC(C)C)cc3cc1OCOC)c1ccc(c(Cl)n1)O2. The van der Waals surface area contributed by atoms with E-state index in [9.17, 15) is 9.59 Å². The Morgan fingerprint density at radius 3 is 2.21 bits per heavy atom. The Labute approximate surface area is 432 Å². The molecule has 17 heteroatoms. The van der Waals surface area contributed by atoms with Gasteiger partial charge in [-0.1, -0.05) is 97.6 Å². The molecule has 0 radical (unpaired) electrons. The second kappa shape index (κ2) is 22.6. The molecule has 1 spiro atoms. The van der Waals surface area contributed by atoms with Gasteiger partial charge in [-0.05, 0) is 90.4 Å². The molecule has 3 aliphatic heterocycles. The molecule has 0 saturated carbocycles. The third-order valence-electron chi connectivity index (χ3n) is 14.6. The first-order valence-corrected chi connectivity index (χ1v) is 30.2. The maximum absolute atomic E-state index is 14.9. The number of hydrogen-bond acceptors (Lipinski definition) is 13. The fraction of sp³-hybridized carbons (Fsp3) is 0.545. The number of aromatic nitrogens is 1. The molecule has 5 aliphatic rings. The molecule has 8 rings (SSSR count). The van der Waals surface area contributed by atoms with Gasteiger partial charge in [0.2, 0.25) is 14.1 Å². The number of amides is 1. The van der Waals surface area contributed by atoms with E-state index in [0.29, 0.717) is 39.2 Å². The van der Waals surface area contributed by atoms with Crippen LogP contribution >= 0.6 is 11.6 Å². The second-order valence-corrected chi connectivity index (χ2v) is 30.5. The Morgan fingerprint density at radius 2 is 1.60 bits per heavy atom. The Balaban J connectivity index is 1.35. The highest BCUT2D eigenvalue weighted by atomic mass is 35.5. The predicted octanol–water partition coefficient (Wildman–Crippen LogP) is 10.8. The summed E-state index contributed by atoms with van der Waals surface area (Å²) < 4.78 is 63.4. The quantitative estimate of drug-likeness (QED) is 0.0303. The fourth-order valence-corrected chi connectivity index (χ4v) is 19.3. The van der Waals surface area contributed by atoms with Gasteiger partial charge in [0.25, 0.3) is 5.91 Å². The molecule has 1 amide bonds. The summed E-state index contributed by atoms with van der Waals surface area (Å²) in [6, 6.07) is 10.1. The van der Waals surface area contributed by atoms with Crippen LogP contribution in [0.2, 0.25) is 39.9 Å². The summed E-state index contributed by atoms with van der Waals surface area (Å²) in [5, 5.41) is 4.25. The minimum absolute atomic E-state index is 0.00596. The fourth-order valence-electron chi connectivity index (χ4n) is 10.8. The molecule has 2 aliphatic carbocycles. The Morgan fingerprint density at radius 1 is 0.917 bits per heavy atom. The highest BCUT2D eigenvalue weighted by Gasteiger charge is 2.70. The topological polar surface area (TPSA) is 155 Å². The number of rotatable bonds is 19. The number of nitrogens with zero attached hydrogens (tertiary/aromatic N) is 1. The van der Waals surface area contributed by atoms with Crippen molar-refractivity contribution in [2.75, 3.05) is 34.7 Å². The maximum Gasteiger partial charge on any atom is 0.308 e. The number of carbonyl (C=O) groups excluding carboxylic acids is 2. The largest absolute Gasteiger partial charge is 0.492 e. The molecule has 6 atom stereocenters. The molecule has 1 N–H and O–H groups in total. The van der Waals surface area contributed by atoms with Crippen LogP contribution in [-0.2, 0) is 27.9 Å². The van der Waals surface area contributed by atoms with Crippen LogP contribution in [0.25, 0.3) is 10.8 Å². The number of allylic oxidation sites excluding steroid dienone is 1. The zero-order chi connectivity index (χ0) is 52.3.